The summed E-state index contributed by atoms with van der Waals surface area (Å²) in [5.41, 5.74) is -1.28. The van der Waals surface area contributed by atoms with E-state index in [-0.39, 0.29) is 39.6 Å². The zero-order valence-corrected chi connectivity index (χ0v) is 16.7. The normalized spacial score (nSPS) is 12.2. The Morgan fingerprint density at radius 1 is 1.10 bits per heavy atom. The van der Waals surface area contributed by atoms with Gasteiger partial charge in [0.05, 0.1) is 12.0 Å². The van der Waals surface area contributed by atoms with Crippen LogP contribution < -0.4 is 9.88 Å². The number of hydrogen-bond acceptors (Lipinski definition) is 4. The second-order valence-electron chi connectivity index (χ2n) is 6.30. The number of nitrogens with two attached hydrogens (primary N) is 1. The molecule has 30 heavy (non-hydrogen) atoms. The Labute approximate surface area is 169 Å². The lowest BCUT2D eigenvalue weighted by molar-refractivity contribution is -0.143. The summed E-state index contributed by atoms with van der Waals surface area (Å²) in [6, 6.07) is 8.39. The maximum atomic E-state index is 14.3. The molecule has 0 radical (unpaired) electrons. The fourth-order valence-corrected chi connectivity index (χ4v) is 3.59. The second kappa shape index (κ2) is 7.73. The van der Waals surface area contributed by atoms with Crippen LogP contribution in [0.25, 0.3) is 22.4 Å². The van der Waals surface area contributed by atoms with E-state index in [1.807, 2.05) is 0 Å². The Morgan fingerprint density at radius 2 is 1.70 bits per heavy atom. The van der Waals surface area contributed by atoms with Crippen molar-refractivity contribution in [3.05, 3.63) is 54.0 Å². The van der Waals surface area contributed by atoms with E-state index in [4.69, 9.17) is 9.88 Å². The number of benzene rings is 2. The van der Waals surface area contributed by atoms with Gasteiger partial charge in [0, 0.05) is 17.7 Å². The van der Waals surface area contributed by atoms with Crippen LogP contribution in [0.15, 0.2) is 47.4 Å². The summed E-state index contributed by atoms with van der Waals surface area (Å²) in [5, 5.41) is 9.14. The molecule has 0 aliphatic rings. The Hall–Kier alpha value is -2.92. The molecular formula is C19H17F4N3O3S. The van der Waals surface area contributed by atoms with Gasteiger partial charge in [-0.2, -0.15) is 18.3 Å². The average molecular weight is 443 g/mol. The Bertz CT molecular complexity index is 1190. The minimum Gasteiger partial charge on any atom is -0.494 e. The molecule has 0 unspecified atom stereocenters. The molecule has 2 aromatic carbocycles. The van der Waals surface area contributed by atoms with Crippen LogP contribution in [-0.2, 0) is 22.7 Å². The van der Waals surface area contributed by atoms with Crippen molar-refractivity contribution in [2.24, 2.45) is 5.14 Å². The van der Waals surface area contributed by atoms with Crippen LogP contribution in [-0.4, -0.2) is 25.3 Å². The molecule has 0 bridgehead atoms. The third kappa shape index (κ3) is 4.03. The van der Waals surface area contributed by atoms with Gasteiger partial charge in [-0.15, -0.1) is 0 Å². The van der Waals surface area contributed by atoms with E-state index in [9.17, 15) is 26.0 Å². The molecule has 160 valence electrons. The Kier molecular flexibility index (Phi) is 5.61. The first-order valence-corrected chi connectivity index (χ1v) is 10.2. The number of halogens is 4. The van der Waals surface area contributed by atoms with Crippen molar-refractivity contribution in [3.8, 4) is 28.1 Å². The number of primary sulfonamides is 1. The SMILES string of the molecule is CCn1nc(-c2ccc(S(N)(=O)=O)cc2)c(-c2ccc(OC)c(F)c2)c1C(F)(F)F. The van der Waals surface area contributed by atoms with E-state index in [1.165, 1.54) is 50.4 Å². The molecule has 1 aromatic heterocycles. The summed E-state index contributed by atoms with van der Waals surface area (Å²) in [6.45, 7) is 1.41. The van der Waals surface area contributed by atoms with Gasteiger partial charge in [-0.05, 0) is 36.8 Å². The number of sulfonamides is 1. The predicted octanol–water partition coefficient (Wildman–Crippen LogP) is 4.05. The van der Waals surface area contributed by atoms with Crippen LogP contribution in [0.3, 0.4) is 0 Å². The van der Waals surface area contributed by atoms with E-state index in [2.05, 4.69) is 5.10 Å². The lowest BCUT2D eigenvalue weighted by Crippen LogP contribution is -2.15. The summed E-state index contributed by atoms with van der Waals surface area (Å²) in [4.78, 5) is -0.200. The maximum absolute atomic E-state index is 14.3. The molecule has 0 aliphatic carbocycles. The van der Waals surface area contributed by atoms with Gasteiger partial charge in [-0.1, -0.05) is 18.2 Å². The lowest BCUT2D eigenvalue weighted by Gasteiger charge is -2.13. The third-order valence-electron chi connectivity index (χ3n) is 4.42. The number of ether oxygens (including phenoxy) is 1. The second-order valence-corrected chi connectivity index (χ2v) is 7.87. The molecular weight excluding hydrogens is 426 g/mol. The number of methoxy groups -OCH3 is 1. The molecule has 3 aromatic rings. The van der Waals surface area contributed by atoms with Crippen LogP contribution in [0.2, 0.25) is 0 Å². The zero-order chi connectivity index (χ0) is 22.3. The number of hydrogen-bond donors (Lipinski definition) is 1. The maximum Gasteiger partial charge on any atom is 0.433 e. The summed E-state index contributed by atoms with van der Waals surface area (Å²) in [6.07, 6.45) is -4.77. The fourth-order valence-electron chi connectivity index (χ4n) is 3.08. The van der Waals surface area contributed by atoms with Crippen molar-refractivity contribution < 1.29 is 30.7 Å². The van der Waals surface area contributed by atoms with E-state index in [0.717, 1.165) is 10.7 Å². The summed E-state index contributed by atoms with van der Waals surface area (Å²) < 4.78 is 84.5. The number of aryl methyl sites for hydroxylation is 1. The van der Waals surface area contributed by atoms with E-state index in [0.29, 0.717) is 0 Å². The van der Waals surface area contributed by atoms with Crippen molar-refractivity contribution >= 4 is 10.0 Å². The molecule has 1 heterocycles. The van der Waals surface area contributed by atoms with Crippen LogP contribution >= 0.6 is 0 Å². The molecule has 3 rings (SSSR count). The van der Waals surface area contributed by atoms with E-state index >= 15 is 0 Å². The molecule has 6 nitrogen and oxygen atoms in total. The lowest BCUT2D eigenvalue weighted by atomic mass is 9.98. The van der Waals surface area contributed by atoms with Crippen molar-refractivity contribution in [2.75, 3.05) is 7.11 Å². The van der Waals surface area contributed by atoms with Gasteiger partial charge in [0.25, 0.3) is 0 Å². The topological polar surface area (TPSA) is 87.2 Å². The molecule has 0 aliphatic heterocycles. The quantitative estimate of drug-likeness (QED) is 0.603. The number of nitrogens with zero attached hydrogens (tertiary/aromatic N) is 2. The van der Waals surface area contributed by atoms with Gasteiger partial charge in [-0.3, -0.25) is 4.68 Å². The van der Waals surface area contributed by atoms with Crippen molar-refractivity contribution in [3.63, 3.8) is 0 Å². The van der Waals surface area contributed by atoms with E-state index in [1.54, 1.807) is 0 Å². The van der Waals surface area contributed by atoms with Gasteiger partial charge in [0.1, 0.15) is 5.69 Å². The summed E-state index contributed by atoms with van der Waals surface area (Å²) in [5.74, 6) is -0.947. The summed E-state index contributed by atoms with van der Waals surface area (Å²) in [7, 11) is -2.73. The van der Waals surface area contributed by atoms with Crippen molar-refractivity contribution in [2.45, 2.75) is 24.5 Å². The Balaban J connectivity index is 2.31. The average Bonchev–Trinajstić information content (AvgIpc) is 3.07. The highest BCUT2D eigenvalue weighted by Crippen LogP contribution is 2.43. The first-order valence-electron chi connectivity index (χ1n) is 8.62. The van der Waals surface area contributed by atoms with Gasteiger partial charge in [0.15, 0.2) is 17.3 Å². The molecule has 0 saturated carbocycles. The third-order valence-corrected chi connectivity index (χ3v) is 5.35. The van der Waals surface area contributed by atoms with Crippen LogP contribution in [0.1, 0.15) is 12.6 Å². The van der Waals surface area contributed by atoms with Crippen LogP contribution in [0.4, 0.5) is 17.6 Å². The molecule has 2 N–H and O–H groups in total. The van der Waals surface area contributed by atoms with Crippen molar-refractivity contribution in [1.29, 1.82) is 0 Å². The first kappa shape index (κ1) is 21.8. The smallest absolute Gasteiger partial charge is 0.433 e. The van der Waals surface area contributed by atoms with Crippen LogP contribution in [0.5, 0.6) is 5.75 Å². The molecule has 0 amide bonds. The molecule has 0 spiro atoms. The van der Waals surface area contributed by atoms with Gasteiger partial charge >= 0.3 is 6.18 Å². The predicted molar refractivity (Wildman–Crippen MR) is 102 cm³/mol. The molecule has 0 saturated heterocycles. The summed E-state index contributed by atoms with van der Waals surface area (Å²) >= 11 is 0. The number of alkyl halides is 3. The highest BCUT2D eigenvalue weighted by Gasteiger charge is 2.40. The highest BCUT2D eigenvalue weighted by molar-refractivity contribution is 7.89. The minimum atomic E-state index is -4.77. The minimum absolute atomic E-state index is 0.0501. The first-order chi connectivity index (χ1) is 14.0. The van der Waals surface area contributed by atoms with Crippen molar-refractivity contribution in [1.82, 2.24) is 9.78 Å². The highest BCUT2D eigenvalue weighted by atomic mass is 32.2. The van der Waals surface area contributed by atoms with E-state index < -0.39 is 27.7 Å². The number of aromatic nitrogens is 2. The Morgan fingerprint density at radius 3 is 2.17 bits per heavy atom. The monoisotopic (exact) mass is 443 g/mol. The van der Waals surface area contributed by atoms with Gasteiger partial charge in [-0.25, -0.2) is 17.9 Å². The molecule has 11 heteroatoms. The fraction of sp³-hybridized carbons (Fsp3) is 0.211. The van der Waals surface area contributed by atoms with Gasteiger partial charge in [0.2, 0.25) is 10.0 Å². The number of rotatable bonds is 5. The zero-order valence-electron chi connectivity index (χ0n) is 15.9. The van der Waals surface area contributed by atoms with Crippen LogP contribution in [0, 0.1) is 5.82 Å². The molecule has 0 fully saturated rings. The molecule has 0 atom stereocenters. The van der Waals surface area contributed by atoms with Gasteiger partial charge < -0.3 is 4.74 Å². The standard InChI is InChI=1S/C19H17F4N3O3S/c1-3-26-18(19(21,22)23)16(12-6-9-15(29-2)14(20)10-12)17(25-26)11-4-7-13(8-5-11)30(24,27)28/h4-10H,3H2,1-2H3,(H2,24,27,28). The largest absolute Gasteiger partial charge is 0.494 e.